The molecule has 0 bridgehead atoms. The highest BCUT2D eigenvalue weighted by Gasteiger charge is 2.19. The number of rotatable bonds is 4. The van der Waals surface area contributed by atoms with E-state index in [1.165, 1.54) is 0 Å². The molecule has 0 aliphatic rings. The van der Waals surface area contributed by atoms with Gasteiger partial charge in [0.15, 0.2) is 0 Å². The monoisotopic (exact) mass is 228 g/mol. The molecule has 0 amide bonds. The molecule has 4 N–H and O–H groups in total. The Morgan fingerprint density at radius 2 is 2.13 bits per heavy atom. The van der Waals surface area contributed by atoms with Crippen LogP contribution in [0.4, 0.5) is 5.69 Å². The molecule has 2 atom stereocenters. The lowest BCUT2D eigenvalue weighted by Gasteiger charge is -2.17. The number of aromatic nitrogens is 1. The van der Waals surface area contributed by atoms with Gasteiger partial charge in [-0.1, -0.05) is 0 Å². The van der Waals surface area contributed by atoms with Crippen LogP contribution in [0.5, 0.6) is 0 Å². The van der Waals surface area contributed by atoms with Gasteiger partial charge in [0.1, 0.15) is 6.10 Å². The third-order valence-corrected chi connectivity index (χ3v) is 2.50. The number of pyridine rings is 1. The van der Waals surface area contributed by atoms with Gasteiger partial charge in [-0.15, -0.1) is 0 Å². The summed E-state index contributed by atoms with van der Waals surface area (Å²) in [6.07, 6.45) is -1.38. The van der Waals surface area contributed by atoms with E-state index in [-0.39, 0.29) is 0 Å². The first kappa shape index (κ1) is 12.3. The first-order valence-corrected chi connectivity index (χ1v) is 5.39. The maximum absolute atomic E-state index is 9.75. The van der Waals surface area contributed by atoms with E-state index in [2.05, 4.69) is 17.6 Å². The van der Waals surface area contributed by atoms with Crippen LogP contribution >= 0.6 is 12.6 Å². The quantitative estimate of drug-likeness (QED) is 0.572. The molecule has 0 saturated carbocycles. The standard InChI is InChI=1S/C10H16N2O2S/c1-6-7(11)2-3-8(12-6)10(14)9(13)4-5-15/h2-3,9-10,13-15H,4-5,11H2,1H3. The molecule has 84 valence electrons. The molecule has 15 heavy (non-hydrogen) atoms. The minimum absolute atomic E-state index is 0.426. The summed E-state index contributed by atoms with van der Waals surface area (Å²) in [5, 5.41) is 19.3. The number of hydrogen-bond acceptors (Lipinski definition) is 5. The van der Waals surface area contributed by atoms with Crippen molar-refractivity contribution in [3.63, 3.8) is 0 Å². The van der Waals surface area contributed by atoms with Crippen LogP contribution in [0.25, 0.3) is 0 Å². The number of hydrogen-bond donors (Lipinski definition) is 4. The molecular formula is C10H16N2O2S. The fourth-order valence-electron chi connectivity index (χ4n) is 1.24. The molecule has 4 nitrogen and oxygen atoms in total. The van der Waals surface area contributed by atoms with Crippen LogP contribution in [0.2, 0.25) is 0 Å². The van der Waals surface area contributed by atoms with Crippen LogP contribution in [0.15, 0.2) is 12.1 Å². The van der Waals surface area contributed by atoms with Crippen molar-refractivity contribution in [2.75, 3.05) is 11.5 Å². The summed E-state index contributed by atoms with van der Waals surface area (Å²) < 4.78 is 0. The van der Waals surface area contributed by atoms with E-state index in [4.69, 9.17) is 5.73 Å². The van der Waals surface area contributed by atoms with Crippen LogP contribution in [-0.2, 0) is 0 Å². The zero-order valence-electron chi connectivity index (χ0n) is 8.59. The Labute approximate surface area is 94.6 Å². The van der Waals surface area contributed by atoms with Gasteiger partial charge >= 0.3 is 0 Å². The maximum Gasteiger partial charge on any atom is 0.122 e. The topological polar surface area (TPSA) is 79.4 Å². The van der Waals surface area contributed by atoms with Crippen molar-refractivity contribution in [3.05, 3.63) is 23.5 Å². The van der Waals surface area contributed by atoms with Gasteiger partial charge in [0.05, 0.1) is 23.2 Å². The lowest BCUT2D eigenvalue weighted by molar-refractivity contribution is 0.0146. The Morgan fingerprint density at radius 3 is 2.67 bits per heavy atom. The van der Waals surface area contributed by atoms with Crippen molar-refractivity contribution in [2.24, 2.45) is 0 Å². The van der Waals surface area contributed by atoms with Crippen molar-refractivity contribution in [2.45, 2.75) is 25.6 Å². The zero-order valence-corrected chi connectivity index (χ0v) is 9.48. The van der Waals surface area contributed by atoms with Crippen molar-refractivity contribution in [1.29, 1.82) is 0 Å². The third-order valence-electron chi connectivity index (χ3n) is 2.24. The summed E-state index contributed by atoms with van der Waals surface area (Å²) in [6.45, 7) is 1.76. The largest absolute Gasteiger partial charge is 0.397 e. The average molecular weight is 228 g/mol. The summed E-state index contributed by atoms with van der Waals surface area (Å²) >= 11 is 3.99. The number of aliphatic hydroxyl groups is 2. The number of anilines is 1. The molecule has 0 aromatic carbocycles. The average Bonchev–Trinajstić information content (AvgIpc) is 2.21. The zero-order chi connectivity index (χ0) is 11.4. The second-order valence-corrected chi connectivity index (χ2v) is 3.88. The Morgan fingerprint density at radius 1 is 1.47 bits per heavy atom. The van der Waals surface area contributed by atoms with Crippen LogP contribution in [0.3, 0.4) is 0 Å². The van der Waals surface area contributed by atoms with E-state index in [1.54, 1.807) is 19.1 Å². The Kier molecular flexibility index (Phi) is 4.38. The third kappa shape index (κ3) is 3.09. The minimum atomic E-state index is -0.976. The SMILES string of the molecule is Cc1nc(C(O)C(O)CCS)ccc1N. The van der Waals surface area contributed by atoms with Gasteiger partial charge in [-0.3, -0.25) is 4.98 Å². The fourth-order valence-corrected chi connectivity index (χ4v) is 1.51. The molecule has 1 rings (SSSR count). The summed E-state index contributed by atoms with van der Waals surface area (Å²) in [5.41, 5.74) is 7.28. The van der Waals surface area contributed by atoms with Gasteiger partial charge in [0, 0.05) is 0 Å². The predicted molar refractivity (Wildman–Crippen MR) is 62.8 cm³/mol. The lowest BCUT2D eigenvalue weighted by atomic mass is 10.1. The smallest absolute Gasteiger partial charge is 0.122 e. The van der Waals surface area contributed by atoms with Crippen LogP contribution < -0.4 is 5.73 Å². The van der Waals surface area contributed by atoms with Gasteiger partial charge in [0.2, 0.25) is 0 Å². The summed E-state index contributed by atoms with van der Waals surface area (Å²) in [4.78, 5) is 4.12. The number of nitrogens with two attached hydrogens (primary N) is 1. The molecule has 0 fully saturated rings. The van der Waals surface area contributed by atoms with Crippen molar-refractivity contribution in [3.8, 4) is 0 Å². The Hall–Kier alpha value is -0.780. The van der Waals surface area contributed by atoms with Crippen molar-refractivity contribution >= 4 is 18.3 Å². The van der Waals surface area contributed by atoms with Crippen LogP contribution in [-0.4, -0.2) is 27.1 Å². The Balaban J connectivity index is 2.81. The van der Waals surface area contributed by atoms with Gasteiger partial charge in [-0.2, -0.15) is 12.6 Å². The second-order valence-electron chi connectivity index (χ2n) is 3.44. The molecule has 1 aromatic rings. The normalized spacial score (nSPS) is 14.9. The maximum atomic E-state index is 9.75. The number of thiol groups is 1. The molecule has 5 heteroatoms. The second kappa shape index (κ2) is 5.34. The molecule has 0 saturated heterocycles. The lowest BCUT2D eigenvalue weighted by Crippen LogP contribution is -2.20. The highest BCUT2D eigenvalue weighted by atomic mass is 32.1. The van der Waals surface area contributed by atoms with Gasteiger partial charge < -0.3 is 15.9 Å². The van der Waals surface area contributed by atoms with E-state index in [9.17, 15) is 10.2 Å². The highest BCUT2D eigenvalue weighted by Crippen LogP contribution is 2.19. The van der Waals surface area contributed by atoms with E-state index in [1.807, 2.05) is 0 Å². The van der Waals surface area contributed by atoms with Gasteiger partial charge in [0.25, 0.3) is 0 Å². The molecule has 0 aliphatic carbocycles. The summed E-state index contributed by atoms with van der Waals surface area (Å²) in [6, 6.07) is 3.29. The van der Waals surface area contributed by atoms with Gasteiger partial charge in [-0.25, -0.2) is 0 Å². The molecule has 0 radical (unpaired) electrons. The predicted octanol–water partition coefficient (Wildman–Crippen LogP) is 0.686. The fraction of sp³-hybridized carbons (Fsp3) is 0.500. The Bertz CT molecular complexity index is 333. The molecule has 0 spiro atoms. The molecule has 2 unspecified atom stereocenters. The minimum Gasteiger partial charge on any atom is -0.397 e. The van der Waals surface area contributed by atoms with E-state index >= 15 is 0 Å². The summed E-state index contributed by atoms with van der Waals surface area (Å²) in [5.74, 6) is 0.520. The van der Waals surface area contributed by atoms with E-state index < -0.39 is 12.2 Å². The highest BCUT2D eigenvalue weighted by molar-refractivity contribution is 7.80. The summed E-state index contributed by atoms with van der Waals surface area (Å²) in [7, 11) is 0. The molecular weight excluding hydrogens is 212 g/mol. The molecule has 0 aliphatic heterocycles. The number of nitrogen functional groups attached to an aromatic ring is 1. The van der Waals surface area contributed by atoms with Gasteiger partial charge in [-0.05, 0) is 31.2 Å². The number of nitrogens with zero attached hydrogens (tertiary/aromatic N) is 1. The molecule has 1 heterocycles. The van der Waals surface area contributed by atoms with Crippen molar-refractivity contribution in [1.82, 2.24) is 4.98 Å². The van der Waals surface area contributed by atoms with E-state index in [0.29, 0.717) is 29.2 Å². The number of aryl methyl sites for hydroxylation is 1. The van der Waals surface area contributed by atoms with Crippen molar-refractivity contribution < 1.29 is 10.2 Å². The van der Waals surface area contributed by atoms with Crippen LogP contribution in [0.1, 0.15) is 23.9 Å². The first-order chi connectivity index (χ1) is 7.06. The van der Waals surface area contributed by atoms with E-state index in [0.717, 1.165) is 0 Å². The number of aliphatic hydroxyl groups excluding tert-OH is 2. The molecule has 1 aromatic heterocycles. The van der Waals surface area contributed by atoms with Crippen LogP contribution in [0, 0.1) is 6.92 Å². The first-order valence-electron chi connectivity index (χ1n) is 4.76.